The van der Waals surface area contributed by atoms with Gasteiger partial charge < -0.3 is 15.4 Å². The molecule has 106 valence electrons. The lowest BCUT2D eigenvalue weighted by atomic mass is 10.0. The SMILES string of the molecule is O=C(NC1CCOC1C1CC1)c1ccc2c(c1)NCC2. The van der Waals surface area contributed by atoms with Crippen molar-refractivity contribution >= 4 is 11.6 Å². The Balaban J connectivity index is 1.47. The van der Waals surface area contributed by atoms with Crippen molar-refractivity contribution in [3.63, 3.8) is 0 Å². The minimum atomic E-state index is 0.0302. The number of carbonyl (C=O) groups is 1. The fourth-order valence-electron chi connectivity index (χ4n) is 3.34. The third-order valence-electron chi connectivity index (χ3n) is 4.62. The van der Waals surface area contributed by atoms with E-state index >= 15 is 0 Å². The van der Waals surface area contributed by atoms with Gasteiger partial charge in [-0.05, 0) is 49.3 Å². The van der Waals surface area contributed by atoms with Crippen molar-refractivity contribution in [1.82, 2.24) is 5.32 Å². The molecule has 0 bridgehead atoms. The number of nitrogens with one attached hydrogen (secondary N) is 2. The first-order chi connectivity index (χ1) is 9.81. The molecule has 2 fully saturated rings. The summed E-state index contributed by atoms with van der Waals surface area (Å²) in [7, 11) is 0. The predicted octanol–water partition coefficient (Wildman–Crippen LogP) is 1.95. The van der Waals surface area contributed by atoms with Crippen LogP contribution >= 0.6 is 0 Å². The summed E-state index contributed by atoms with van der Waals surface area (Å²) in [5.74, 6) is 0.701. The molecule has 0 spiro atoms. The van der Waals surface area contributed by atoms with Crippen LogP contribution in [0.5, 0.6) is 0 Å². The van der Waals surface area contributed by atoms with Crippen molar-refractivity contribution < 1.29 is 9.53 Å². The molecule has 4 rings (SSSR count). The summed E-state index contributed by atoms with van der Waals surface area (Å²) >= 11 is 0. The van der Waals surface area contributed by atoms with Crippen molar-refractivity contribution in [2.75, 3.05) is 18.5 Å². The number of amides is 1. The summed E-state index contributed by atoms with van der Waals surface area (Å²) in [6.07, 6.45) is 4.74. The Hall–Kier alpha value is -1.55. The summed E-state index contributed by atoms with van der Waals surface area (Å²) in [6, 6.07) is 6.16. The monoisotopic (exact) mass is 272 g/mol. The van der Waals surface area contributed by atoms with Gasteiger partial charge in [-0.3, -0.25) is 4.79 Å². The van der Waals surface area contributed by atoms with Crippen molar-refractivity contribution in [3.8, 4) is 0 Å². The number of carbonyl (C=O) groups excluding carboxylic acids is 1. The van der Waals surface area contributed by atoms with Crippen LogP contribution in [-0.4, -0.2) is 31.2 Å². The first-order valence-corrected chi connectivity index (χ1v) is 7.60. The lowest BCUT2D eigenvalue weighted by Crippen LogP contribution is -2.41. The molecule has 2 heterocycles. The summed E-state index contributed by atoms with van der Waals surface area (Å²) in [4.78, 5) is 12.4. The molecule has 0 radical (unpaired) electrons. The van der Waals surface area contributed by atoms with Crippen LogP contribution in [-0.2, 0) is 11.2 Å². The smallest absolute Gasteiger partial charge is 0.251 e. The Labute approximate surface area is 118 Å². The lowest BCUT2D eigenvalue weighted by molar-refractivity contribution is 0.0729. The predicted molar refractivity (Wildman–Crippen MR) is 77.0 cm³/mol. The van der Waals surface area contributed by atoms with E-state index in [-0.39, 0.29) is 18.1 Å². The average molecular weight is 272 g/mol. The molecule has 20 heavy (non-hydrogen) atoms. The van der Waals surface area contributed by atoms with Gasteiger partial charge >= 0.3 is 0 Å². The number of ether oxygens (including phenoxy) is 1. The molecule has 1 saturated carbocycles. The summed E-state index contributed by atoms with van der Waals surface area (Å²) in [6.45, 7) is 1.75. The molecule has 1 aliphatic carbocycles. The molecule has 1 saturated heterocycles. The van der Waals surface area contributed by atoms with E-state index in [1.807, 2.05) is 12.1 Å². The quantitative estimate of drug-likeness (QED) is 0.884. The van der Waals surface area contributed by atoms with E-state index < -0.39 is 0 Å². The molecule has 1 aromatic rings. The van der Waals surface area contributed by atoms with Crippen LogP contribution in [0.15, 0.2) is 18.2 Å². The van der Waals surface area contributed by atoms with E-state index in [0.717, 1.165) is 37.2 Å². The summed E-state index contributed by atoms with van der Waals surface area (Å²) in [5.41, 5.74) is 3.17. The second-order valence-corrected chi connectivity index (χ2v) is 6.09. The fraction of sp³-hybridized carbons (Fsp3) is 0.562. The van der Waals surface area contributed by atoms with Crippen LogP contribution in [0.2, 0.25) is 0 Å². The molecule has 1 aromatic carbocycles. The maximum atomic E-state index is 12.4. The number of hydrogen-bond donors (Lipinski definition) is 2. The zero-order valence-corrected chi connectivity index (χ0v) is 11.5. The van der Waals surface area contributed by atoms with Crippen LogP contribution < -0.4 is 10.6 Å². The standard InChI is InChI=1S/C16H20N2O2/c19-16(12-4-1-10-5-7-17-14(10)9-12)18-13-6-8-20-15(13)11-2-3-11/h1,4,9,11,13,15,17H,2-3,5-8H2,(H,18,19). The molecule has 1 amide bonds. The Morgan fingerprint density at radius 2 is 2.20 bits per heavy atom. The van der Waals surface area contributed by atoms with Crippen LogP contribution in [0.25, 0.3) is 0 Å². The lowest BCUT2D eigenvalue weighted by Gasteiger charge is -2.19. The van der Waals surface area contributed by atoms with Crippen molar-refractivity contribution in [3.05, 3.63) is 29.3 Å². The average Bonchev–Trinajstić information content (AvgIpc) is 3.01. The number of benzene rings is 1. The van der Waals surface area contributed by atoms with Crippen LogP contribution in [0, 0.1) is 5.92 Å². The van der Waals surface area contributed by atoms with E-state index in [0.29, 0.717) is 5.92 Å². The fourth-order valence-corrected chi connectivity index (χ4v) is 3.34. The van der Waals surface area contributed by atoms with Crippen molar-refractivity contribution in [2.24, 2.45) is 5.92 Å². The normalized spacial score (nSPS) is 28.0. The largest absolute Gasteiger partial charge is 0.384 e. The van der Waals surface area contributed by atoms with Gasteiger partial charge in [-0.25, -0.2) is 0 Å². The number of hydrogen-bond acceptors (Lipinski definition) is 3. The number of anilines is 1. The summed E-state index contributed by atoms with van der Waals surface area (Å²) < 4.78 is 5.77. The minimum Gasteiger partial charge on any atom is -0.384 e. The topological polar surface area (TPSA) is 50.4 Å². The molecular weight excluding hydrogens is 252 g/mol. The highest BCUT2D eigenvalue weighted by Gasteiger charge is 2.41. The Bertz CT molecular complexity index is 539. The van der Waals surface area contributed by atoms with Gasteiger partial charge in [0.15, 0.2) is 0 Å². The zero-order chi connectivity index (χ0) is 13.5. The molecule has 2 unspecified atom stereocenters. The number of rotatable bonds is 3. The van der Waals surface area contributed by atoms with Gasteiger partial charge in [-0.15, -0.1) is 0 Å². The molecule has 4 heteroatoms. The van der Waals surface area contributed by atoms with Gasteiger partial charge in [-0.1, -0.05) is 6.07 Å². The van der Waals surface area contributed by atoms with E-state index in [1.54, 1.807) is 0 Å². The van der Waals surface area contributed by atoms with E-state index in [9.17, 15) is 4.79 Å². The summed E-state index contributed by atoms with van der Waals surface area (Å²) in [5, 5.41) is 6.49. The molecule has 0 aromatic heterocycles. The van der Waals surface area contributed by atoms with Gasteiger partial charge in [0.25, 0.3) is 5.91 Å². The molecular formula is C16H20N2O2. The van der Waals surface area contributed by atoms with Crippen LogP contribution in [0.1, 0.15) is 35.2 Å². The minimum absolute atomic E-state index is 0.0302. The van der Waals surface area contributed by atoms with E-state index in [1.165, 1.54) is 18.4 Å². The van der Waals surface area contributed by atoms with Gasteiger partial charge in [0.1, 0.15) is 0 Å². The third-order valence-corrected chi connectivity index (χ3v) is 4.62. The van der Waals surface area contributed by atoms with Crippen molar-refractivity contribution in [1.29, 1.82) is 0 Å². The van der Waals surface area contributed by atoms with Gasteiger partial charge in [0.05, 0.1) is 12.1 Å². The molecule has 3 aliphatic rings. The Kier molecular flexibility index (Phi) is 2.91. The maximum Gasteiger partial charge on any atom is 0.251 e. The van der Waals surface area contributed by atoms with E-state index in [2.05, 4.69) is 16.7 Å². The van der Waals surface area contributed by atoms with Crippen molar-refractivity contribution in [2.45, 2.75) is 37.8 Å². The molecule has 4 nitrogen and oxygen atoms in total. The first kappa shape index (κ1) is 12.2. The number of fused-ring (bicyclic) bond motifs is 1. The highest BCUT2D eigenvalue weighted by molar-refractivity contribution is 5.95. The van der Waals surface area contributed by atoms with Gasteiger partial charge in [-0.2, -0.15) is 0 Å². The van der Waals surface area contributed by atoms with Gasteiger partial charge in [0, 0.05) is 24.4 Å². The first-order valence-electron chi connectivity index (χ1n) is 7.60. The third kappa shape index (κ3) is 2.18. The van der Waals surface area contributed by atoms with Crippen LogP contribution in [0.4, 0.5) is 5.69 Å². The Morgan fingerprint density at radius 1 is 1.30 bits per heavy atom. The van der Waals surface area contributed by atoms with Crippen LogP contribution in [0.3, 0.4) is 0 Å². The highest BCUT2D eigenvalue weighted by atomic mass is 16.5. The molecule has 2 atom stereocenters. The Morgan fingerprint density at radius 3 is 3.05 bits per heavy atom. The second-order valence-electron chi connectivity index (χ2n) is 6.09. The van der Waals surface area contributed by atoms with E-state index in [4.69, 9.17) is 4.74 Å². The second kappa shape index (κ2) is 4.77. The highest BCUT2D eigenvalue weighted by Crippen LogP contribution is 2.38. The maximum absolute atomic E-state index is 12.4. The molecule has 2 N–H and O–H groups in total. The zero-order valence-electron chi connectivity index (χ0n) is 11.5. The molecule has 2 aliphatic heterocycles. The van der Waals surface area contributed by atoms with Gasteiger partial charge in [0.2, 0.25) is 0 Å².